The largest absolute Gasteiger partial charge is 0.460 e. The molecule has 1 heterocycles. The van der Waals surface area contributed by atoms with Crippen LogP contribution in [0.4, 0.5) is 0 Å². The molecule has 3 nitrogen and oxygen atoms in total. The molecule has 0 radical (unpaired) electrons. The van der Waals surface area contributed by atoms with Gasteiger partial charge in [0, 0.05) is 16.4 Å². The second-order valence-electron chi connectivity index (χ2n) is 7.41. The molecule has 124 valence electrons. The molecule has 0 aliphatic rings. The number of pyridine rings is 1. The van der Waals surface area contributed by atoms with Crippen LogP contribution >= 0.6 is 15.9 Å². The molecule has 0 aliphatic carbocycles. The molecule has 0 saturated heterocycles. The van der Waals surface area contributed by atoms with Crippen LogP contribution in [0, 0.1) is 5.41 Å². The van der Waals surface area contributed by atoms with E-state index in [-0.39, 0.29) is 5.97 Å². The SMILES string of the molecule is CC(C)(C)OC(=O)C(C)(C)CCCCCc1cc(Br)ccn1. The van der Waals surface area contributed by atoms with Gasteiger partial charge in [0.2, 0.25) is 0 Å². The number of nitrogens with zero attached hydrogens (tertiary/aromatic N) is 1. The highest BCUT2D eigenvalue weighted by atomic mass is 79.9. The van der Waals surface area contributed by atoms with Crippen LogP contribution in [-0.4, -0.2) is 16.6 Å². The minimum absolute atomic E-state index is 0.103. The molecule has 1 aromatic heterocycles. The third-order valence-electron chi connectivity index (χ3n) is 3.46. The van der Waals surface area contributed by atoms with E-state index in [1.54, 1.807) is 0 Å². The highest BCUT2D eigenvalue weighted by Gasteiger charge is 2.31. The Labute approximate surface area is 143 Å². The van der Waals surface area contributed by atoms with Gasteiger partial charge in [0.15, 0.2) is 0 Å². The Balaban J connectivity index is 2.29. The molecule has 0 aliphatic heterocycles. The summed E-state index contributed by atoms with van der Waals surface area (Å²) < 4.78 is 6.56. The number of esters is 1. The van der Waals surface area contributed by atoms with Crippen LogP contribution in [0.5, 0.6) is 0 Å². The highest BCUT2D eigenvalue weighted by Crippen LogP contribution is 2.28. The van der Waals surface area contributed by atoms with Crippen molar-refractivity contribution in [3.05, 3.63) is 28.5 Å². The smallest absolute Gasteiger partial charge is 0.312 e. The molecule has 22 heavy (non-hydrogen) atoms. The molecule has 0 bridgehead atoms. The van der Waals surface area contributed by atoms with E-state index >= 15 is 0 Å². The van der Waals surface area contributed by atoms with Crippen LogP contribution in [0.15, 0.2) is 22.8 Å². The average Bonchev–Trinajstić information content (AvgIpc) is 2.36. The van der Waals surface area contributed by atoms with Crippen LogP contribution in [-0.2, 0) is 16.0 Å². The van der Waals surface area contributed by atoms with Crippen molar-refractivity contribution in [2.24, 2.45) is 5.41 Å². The van der Waals surface area contributed by atoms with Crippen LogP contribution in [0.1, 0.15) is 66.0 Å². The van der Waals surface area contributed by atoms with E-state index in [0.29, 0.717) is 0 Å². The molecule has 0 amide bonds. The number of hydrogen-bond donors (Lipinski definition) is 0. The standard InChI is InChI=1S/C18H28BrNO2/c1-17(2,3)22-16(21)18(4,5)11-8-6-7-9-15-13-14(19)10-12-20-15/h10,12-13H,6-9,11H2,1-5H3. The number of carbonyl (C=O) groups excluding carboxylic acids is 1. The first-order valence-electron chi connectivity index (χ1n) is 7.94. The zero-order chi connectivity index (χ0) is 16.8. The lowest BCUT2D eigenvalue weighted by Gasteiger charge is -2.28. The number of unbranched alkanes of at least 4 members (excludes halogenated alkanes) is 2. The molecule has 0 spiro atoms. The van der Waals surface area contributed by atoms with Gasteiger partial charge in [-0.25, -0.2) is 0 Å². The fraction of sp³-hybridized carbons (Fsp3) is 0.667. The van der Waals surface area contributed by atoms with E-state index in [2.05, 4.69) is 27.0 Å². The average molecular weight is 370 g/mol. The number of aryl methyl sites for hydroxylation is 1. The van der Waals surface area contributed by atoms with Gasteiger partial charge >= 0.3 is 5.97 Å². The lowest BCUT2D eigenvalue weighted by atomic mass is 9.86. The van der Waals surface area contributed by atoms with E-state index in [1.165, 1.54) is 0 Å². The first-order chi connectivity index (χ1) is 10.1. The third-order valence-corrected chi connectivity index (χ3v) is 3.96. The zero-order valence-corrected chi connectivity index (χ0v) is 16.0. The molecule has 0 unspecified atom stereocenters. The zero-order valence-electron chi connectivity index (χ0n) is 14.4. The van der Waals surface area contributed by atoms with Crippen molar-refractivity contribution in [1.82, 2.24) is 4.98 Å². The molecule has 0 aromatic carbocycles. The summed E-state index contributed by atoms with van der Waals surface area (Å²) in [6, 6.07) is 4.00. The monoisotopic (exact) mass is 369 g/mol. The summed E-state index contributed by atoms with van der Waals surface area (Å²) in [7, 11) is 0. The van der Waals surface area contributed by atoms with Gasteiger partial charge in [0.05, 0.1) is 5.41 Å². The van der Waals surface area contributed by atoms with Crippen LogP contribution in [0.3, 0.4) is 0 Å². The summed E-state index contributed by atoms with van der Waals surface area (Å²) in [5, 5.41) is 0. The lowest BCUT2D eigenvalue weighted by molar-refractivity contribution is -0.166. The van der Waals surface area contributed by atoms with Gasteiger partial charge in [0.25, 0.3) is 0 Å². The predicted molar refractivity (Wildman–Crippen MR) is 93.7 cm³/mol. The molecule has 4 heteroatoms. The maximum Gasteiger partial charge on any atom is 0.312 e. The van der Waals surface area contributed by atoms with Gasteiger partial charge < -0.3 is 4.74 Å². The van der Waals surface area contributed by atoms with Crippen molar-refractivity contribution >= 4 is 21.9 Å². The van der Waals surface area contributed by atoms with E-state index < -0.39 is 11.0 Å². The second-order valence-corrected chi connectivity index (χ2v) is 8.33. The summed E-state index contributed by atoms with van der Waals surface area (Å²) >= 11 is 3.46. The van der Waals surface area contributed by atoms with Crippen LogP contribution in [0.25, 0.3) is 0 Å². The molecule has 0 N–H and O–H groups in total. The molecule has 0 atom stereocenters. The minimum atomic E-state index is -0.416. The summed E-state index contributed by atoms with van der Waals surface area (Å²) in [5.74, 6) is -0.103. The third kappa shape index (κ3) is 7.39. The Morgan fingerprint density at radius 2 is 1.86 bits per heavy atom. The van der Waals surface area contributed by atoms with Gasteiger partial charge in [-0.2, -0.15) is 0 Å². The molecule has 0 fully saturated rings. The van der Waals surface area contributed by atoms with Crippen molar-refractivity contribution < 1.29 is 9.53 Å². The Bertz CT molecular complexity index is 492. The van der Waals surface area contributed by atoms with E-state index in [4.69, 9.17) is 4.74 Å². The number of carbonyl (C=O) groups is 1. The minimum Gasteiger partial charge on any atom is -0.460 e. The molecule has 0 saturated carbocycles. The maximum absolute atomic E-state index is 12.2. The number of hydrogen-bond acceptors (Lipinski definition) is 3. The normalized spacial score (nSPS) is 12.3. The lowest BCUT2D eigenvalue weighted by Crippen LogP contribution is -2.33. The number of aromatic nitrogens is 1. The fourth-order valence-electron chi connectivity index (χ4n) is 2.15. The quantitative estimate of drug-likeness (QED) is 0.482. The van der Waals surface area contributed by atoms with Crippen LogP contribution < -0.4 is 0 Å². The van der Waals surface area contributed by atoms with Gasteiger partial charge in [-0.1, -0.05) is 28.8 Å². The topological polar surface area (TPSA) is 39.2 Å². The first-order valence-corrected chi connectivity index (χ1v) is 8.73. The van der Waals surface area contributed by atoms with E-state index in [0.717, 1.165) is 42.3 Å². The summed E-state index contributed by atoms with van der Waals surface area (Å²) in [6.45, 7) is 9.66. The summed E-state index contributed by atoms with van der Waals surface area (Å²) in [4.78, 5) is 16.5. The van der Waals surface area contributed by atoms with Gasteiger partial charge in [0.1, 0.15) is 5.60 Å². The molecule has 1 aromatic rings. The van der Waals surface area contributed by atoms with Crippen molar-refractivity contribution in [3.63, 3.8) is 0 Å². The van der Waals surface area contributed by atoms with Crippen LogP contribution in [0.2, 0.25) is 0 Å². The Morgan fingerprint density at radius 3 is 2.45 bits per heavy atom. The van der Waals surface area contributed by atoms with Crippen molar-refractivity contribution in [2.45, 2.75) is 72.3 Å². The van der Waals surface area contributed by atoms with E-state index in [1.807, 2.05) is 46.9 Å². The van der Waals surface area contributed by atoms with Gasteiger partial charge in [-0.3, -0.25) is 9.78 Å². The molecular weight excluding hydrogens is 342 g/mol. The first kappa shape index (κ1) is 19.1. The predicted octanol–water partition coefficient (Wildman–Crippen LogP) is 5.31. The second kappa shape index (κ2) is 8.09. The summed E-state index contributed by atoms with van der Waals surface area (Å²) in [6.07, 6.45) is 6.87. The Kier molecular flexibility index (Phi) is 7.04. The molecular formula is C18H28BrNO2. The van der Waals surface area contributed by atoms with Crippen molar-refractivity contribution in [2.75, 3.05) is 0 Å². The van der Waals surface area contributed by atoms with Gasteiger partial charge in [-0.15, -0.1) is 0 Å². The van der Waals surface area contributed by atoms with E-state index in [9.17, 15) is 4.79 Å². The van der Waals surface area contributed by atoms with Crippen molar-refractivity contribution in [1.29, 1.82) is 0 Å². The molecule has 1 rings (SSSR count). The number of ether oxygens (including phenoxy) is 1. The Morgan fingerprint density at radius 1 is 1.18 bits per heavy atom. The number of halogens is 1. The summed E-state index contributed by atoms with van der Waals surface area (Å²) in [5.41, 5.74) is 0.281. The highest BCUT2D eigenvalue weighted by molar-refractivity contribution is 9.10. The fourth-order valence-corrected chi connectivity index (χ4v) is 2.54. The van der Waals surface area contributed by atoms with Crippen molar-refractivity contribution in [3.8, 4) is 0 Å². The Hall–Kier alpha value is -0.900. The maximum atomic E-state index is 12.2. The number of rotatable bonds is 7. The van der Waals surface area contributed by atoms with Gasteiger partial charge in [-0.05, 0) is 66.0 Å².